The summed E-state index contributed by atoms with van der Waals surface area (Å²) in [5, 5.41) is 15.3. The van der Waals surface area contributed by atoms with Crippen LogP contribution >= 0.6 is 0 Å². The number of hydrogen-bond donors (Lipinski definition) is 3. The molecular weight excluding hydrogens is 362 g/mol. The first-order valence-corrected chi connectivity index (χ1v) is 9.43. The average molecular weight is 381 g/mol. The highest BCUT2D eigenvalue weighted by Crippen LogP contribution is 2.32. The molecule has 5 aromatic rings. The number of anilines is 1. The normalized spacial score (nSPS) is 12.3. The summed E-state index contributed by atoms with van der Waals surface area (Å²) in [5.74, 6) is 0.692. The first kappa shape index (κ1) is 17.3. The Balaban J connectivity index is 1.59. The second-order valence-corrected chi connectivity index (χ2v) is 6.85. The van der Waals surface area contributed by atoms with E-state index in [2.05, 4.69) is 43.5 Å². The number of aromatic nitrogens is 4. The Morgan fingerprint density at radius 2 is 1.83 bits per heavy atom. The SMILES string of the molecule is OC[C@@H](Nc1ncnc2ccc(-c3c[nH]c4ncccc34)cc12)c1ccccc1. The van der Waals surface area contributed by atoms with Gasteiger partial charge >= 0.3 is 0 Å². The number of rotatable bonds is 5. The van der Waals surface area contributed by atoms with Gasteiger partial charge in [0.05, 0.1) is 18.2 Å². The zero-order chi connectivity index (χ0) is 19.6. The van der Waals surface area contributed by atoms with Crippen LogP contribution in [-0.2, 0) is 0 Å². The lowest BCUT2D eigenvalue weighted by atomic mass is 10.0. The molecule has 0 radical (unpaired) electrons. The number of benzene rings is 2. The van der Waals surface area contributed by atoms with Crippen LogP contribution < -0.4 is 5.32 Å². The summed E-state index contributed by atoms with van der Waals surface area (Å²) in [5.41, 5.74) is 4.82. The molecule has 3 N–H and O–H groups in total. The fourth-order valence-corrected chi connectivity index (χ4v) is 3.62. The van der Waals surface area contributed by atoms with Crippen LogP contribution in [0.2, 0.25) is 0 Å². The monoisotopic (exact) mass is 381 g/mol. The van der Waals surface area contributed by atoms with Crippen LogP contribution in [0.3, 0.4) is 0 Å². The molecule has 0 spiro atoms. The highest BCUT2D eigenvalue weighted by atomic mass is 16.3. The van der Waals surface area contributed by atoms with Crippen LogP contribution in [0.1, 0.15) is 11.6 Å². The molecule has 0 fully saturated rings. The third kappa shape index (κ3) is 3.19. The van der Waals surface area contributed by atoms with Gasteiger partial charge in [0.1, 0.15) is 17.8 Å². The van der Waals surface area contributed by atoms with Gasteiger partial charge in [0.2, 0.25) is 0 Å². The fourth-order valence-electron chi connectivity index (χ4n) is 3.62. The molecule has 0 aliphatic carbocycles. The summed E-state index contributed by atoms with van der Waals surface area (Å²) in [6.07, 6.45) is 5.28. The molecule has 29 heavy (non-hydrogen) atoms. The van der Waals surface area contributed by atoms with E-state index in [1.54, 1.807) is 12.5 Å². The molecule has 142 valence electrons. The molecule has 0 unspecified atom stereocenters. The van der Waals surface area contributed by atoms with Crippen LogP contribution in [0, 0.1) is 0 Å². The Labute approximate surface area is 167 Å². The van der Waals surface area contributed by atoms with E-state index < -0.39 is 0 Å². The lowest BCUT2D eigenvalue weighted by molar-refractivity contribution is 0.276. The molecule has 0 bridgehead atoms. The number of aliphatic hydroxyl groups is 1. The van der Waals surface area contributed by atoms with Crippen molar-refractivity contribution in [2.45, 2.75) is 6.04 Å². The summed E-state index contributed by atoms with van der Waals surface area (Å²) in [6, 6.07) is 19.7. The van der Waals surface area contributed by atoms with Gasteiger partial charge in [-0.15, -0.1) is 0 Å². The largest absolute Gasteiger partial charge is 0.394 e. The molecule has 0 saturated heterocycles. The predicted molar refractivity (Wildman–Crippen MR) is 115 cm³/mol. The van der Waals surface area contributed by atoms with Gasteiger partial charge < -0.3 is 15.4 Å². The van der Waals surface area contributed by atoms with Crippen molar-refractivity contribution in [1.82, 2.24) is 19.9 Å². The standard InChI is InChI=1S/C23H19N5O/c29-13-21(15-5-2-1-3-6-15)28-23-18-11-16(8-9-20(18)26-14-27-23)19-12-25-22-17(19)7-4-10-24-22/h1-12,14,21,29H,13H2,(H,24,25)(H,26,27,28)/t21-/m1/s1. The molecule has 6 nitrogen and oxygen atoms in total. The van der Waals surface area contributed by atoms with Crippen LogP contribution in [0.4, 0.5) is 5.82 Å². The molecule has 0 aliphatic heterocycles. The number of aromatic amines is 1. The highest BCUT2D eigenvalue weighted by molar-refractivity contribution is 5.98. The molecule has 3 aromatic heterocycles. The van der Waals surface area contributed by atoms with E-state index >= 15 is 0 Å². The van der Waals surface area contributed by atoms with Gasteiger partial charge in [0.15, 0.2) is 0 Å². The van der Waals surface area contributed by atoms with Gasteiger partial charge in [-0.05, 0) is 35.4 Å². The van der Waals surface area contributed by atoms with Gasteiger partial charge in [0, 0.05) is 28.7 Å². The third-order valence-corrected chi connectivity index (χ3v) is 5.09. The van der Waals surface area contributed by atoms with Crippen molar-refractivity contribution in [2.24, 2.45) is 0 Å². The van der Waals surface area contributed by atoms with E-state index in [-0.39, 0.29) is 12.6 Å². The number of fused-ring (bicyclic) bond motifs is 2. The first-order chi connectivity index (χ1) is 14.3. The highest BCUT2D eigenvalue weighted by Gasteiger charge is 2.14. The zero-order valence-electron chi connectivity index (χ0n) is 15.6. The maximum absolute atomic E-state index is 9.92. The average Bonchev–Trinajstić information content (AvgIpc) is 3.22. The maximum Gasteiger partial charge on any atom is 0.137 e. The molecule has 2 aromatic carbocycles. The third-order valence-electron chi connectivity index (χ3n) is 5.09. The second-order valence-electron chi connectivity index (χ2n) is 6.85. The van der Waals surface area contributed by atoms with Crippen molar-refractivity contribution >= 4 is 27.8 Å². The maximum atomic E-state index is 9.92. The Hall–Kier alpha value is -3.77. The molecular formula is C23H19N5O. The minimum absolute atomic E-state index is 0.0384. The van der Waals surface area contributed by atoms with Crippen LogP contribution in [-0.4, -0.2) is 31.6 Å². The van der Waals surface area contributed by atoms with Crippen LogP contribution in [0.25, 0.3) is 33.1 Å². The smallest absolute Gasteiger partial charge is 0.137 e. The number of pyridine rings is 1. The van der Waals surface area contributed by atoms with Crippen molar-refractivity contribution in [3.63, 3.8) is 0 Å². The molecule has 0 aliphatic rings. The summed E-state index contributed by atoms with van der Waals surface area (Å²) in [4.78, 5) is 16.4. The first-order valence-electron chi connectivity index (χ1n) is 9.43. The summed E-state index contributed by atoms with van der Waals surface area (Å²) in [7, 11) is 0. The summed E-state index contributed by atoms with van der Waals surface area (Å²) < 4.78 is 0. The number of nitrogens with one attached hydrogen (secondary N) is 2. The van der Waals surface area contributed by atoms with Gasteiger partial charge in [-0.2, -0.15) is 0 Å². The second kappa shape index (κ2) is 7.33. The van der Waals surface area contributed by atoms with E-state index in [9.17, 15) is 5.11 Å². The number of nitrogens with zero attached hydrogens (tertiary/aromatic N) is 3. The lowest BCUT2D eigenvalue weighted by Crippen LogP contribution is -2.16. The van der Waals surface area contributed by atoms with Crippen molar-refractivity contribution in [3.8, 4) is 11.1 Å². The minimum Gasteiger partial charge on any atom is -0.394 e. The predicted octanol–water partition coefficient (Wildman–Crippen LogP) is 4.32. The topological polar surface area (TPSA) is 86.7 Å². The molecule has 5 rings (SSSR count). The fraction of sp³-hybridized carbons (Fsp3) is 0.0870. The van der Waals surface area contributed by atoms with Crippen LogP contribution in [0.15, 0.2) is 79.4 Å². The van der Waals surface area contributed by atoms with E-state index in [1.165, 1.54) is 0 Å². The van der Waals surface area contributed by atoms with Crippen molar-refractivity contribution < 1.29 is 5.11 Å². The molecule has 3 heterocycles. The number of aliphatic hydroxyl groups excluding tert-OH is 1. The molecule has 6 heteroatoms. The van der Waals surface area contributed by atoms with Crippen molar-refractivity contribution in [2.75, 3.05) is 11.9 Å². The zero-order valence-corrected chi connectivity index (χ0v) is 15.6. The van der Waals surface area contributed by atoms with Crippen molar-refractivity contribution in [3.05, 3.63) is 84.9 Å². The Kier molecular flexibility index (Phi) is 4.38. The van der Waals surface area contributed by atoms with E-state index in [0.29, 0.717) is 5.82 Å². The quantitative estimate of drug-likeness (QED) is 0.422. The lowest BCUT2D eigenvalue weighted by Gasteiger charge is -2.18. The molecule has 0 saturated carbocycles. The van der Waals surface area contributed by atoms with E-state index in [4.69, 9.17) is 0 Å². The van der Waals surface area contributed by atoms with Crippen LogP contribution in [0.5, 0.6) is 0 Å². The summed E-state index contributed by atoms with van der Waals surface area (Å²) in [6.45, 7) is -0.0384. The van der Waals surface area contributed by atoms with Gasteiger partial charge in [-0.25, -0.2) is 15.0 Å². The van der Waals surface area contributed by atoms with E-state index in [1.807, 2.05) is 48.7 Å². The Morgan fingerprint density at radius 3 is 2.69 bits per heavy atom. The van der Waals surface area contributed by atoms with Gasteiger partial charge in [0.25, 0.3) is 0 Å². The Bertz CT molecular complexity index is 1280. The van der Waals surface area contributed by atoms with Gasteiger partial charge in [-0.3, -0.25) is 0 Å². The van der Waals surface area contributed by atoms with Crippen molar-refractivity contribution in [1.29, 1.82) is 0 Å². The minimum atomic E-state index is -0.254. The Morgan fingerprint density at radius 1 is 0.931 bits per heavy atom. The molecule has 0 amide bonds. The number of hydrogen-bond acceptors (Lipinski definition) is 5. The molecule has 1 atom stereocenters. The van der Waals surface area contributed by atoms with E-state index in [0.717, 1.165) is 38.6 Å². The number of H-pyrrole nitrogens is 1. The summed E-state index contributed by atoms with van der Waals surface area (Å²) >= 11 is 0. The van der Waals surface area contributed by atoms with Gasteiger partial charge in [-0.1, -0.05) is 36.4 Å².